The highest BCUT2D eigenvalue weighted by molar-refractivity contribution is 7.12. The first-order valence-electron chi connectivity index (χ1n) is 7.99. The van der Waals surface area contributed by atoms with Crippen molar-refractivity contribution in [2.45, 2.75) is 47.0 Å². The standard InChI is InChI=1S/C19H22O4S/c1-6-23-16(20)9-14-7-8-15(24-14)12(4)17-13(5)18(21)10(2)11(3)19(17)22/h7-8,12H,6,9H2,1-5H3. The van der Waals surface area contributed by atoms with E-state index in [9.17, 15) is 14.4 Å². The maximum absolute atomic E-state index is 12.6. The quantitative estimate of drug-likeness (QED) is 0.601. The number of ether oxygens (including phenoxy) is 1. The highest BCUT2D eigenvalue weighted by atomic mass is 32.1. The number of esters is 1. The Kier molecular flexibility index (Phi) is 5.54. The number of carbonyl (C=O) groups is 3. The molecule has 0 N–H and O–H groups in total. The summed E-state index contributed by atoms with van der Waals surface area (Å²) in [6.45, 7) is 9.19. The summed E-state index contributed by atoms with van der Waals surface area (Å²) in [6, 6.07) is 3.80. The van der Waals surface area contributed by atoms with Crippen LogP contribution in [0.4, 0.5) is 0 Å². The largest absolute Gasteiger partial charge is 0.466 e. The first kappa shape index (κ1) is 18.3. The Morgan fingerprint density at radius 1 is 1.08 bits per heavy atom. The monoisotopic (exact) mass is 346 g/mol. The van der Waals surface area contributed by atoms with E-state index in [2.05, 4.69) is 0 Å². The van der Waals surface area contributed by atoms with E-state index in [1.807, 2.05) is 19.1 Å². The van der Waals surface area contributed by atoms with Gasteiger partial charge in [0.25, 0.3) is 0 Å². The molecule has 0 saturated heterocycles. The number of thiophene rings is 1. The molecule has 0 fully saturated rings. The van der Waals surface area contributed by atoms with Crippen LogP contribution in [0.25, 0.3) is 0 Å². The first-order chi connectivity index (χ1) is 11.3. The molecule has 128 valence electrons. The first-order valence-corrected chi connectivity index (χ1v) is 8.81. The highest BCUT2D eigenvalue weighted by Gasteiger charge is 2.31. The maximum atomic E-state index is 12.6. The Morgan fingerprint density at radius 3 is 2.33 bits per heavy atom. The average molecular weight is 346 g/mol. The minimum Gasteiger partial charge on any atom is -0.466 e. The van der Waals surface area contributed by atoms with Crippen LogP contribution in [0.3, 0.4) is 0 Å². The third kappa shape index (κ3) is 3.41. The molecule has 1 aliphatic rings. The van der Waals surface area contributed by atoms with Crippen LogP contribution in [0.1, 0.15) is 50.3 Å². The molecule has 0 aromatic carbocycles. The van der Waals surface area contributed by atoms with E-state index in [1.54, 1.807) is 27.7 Å². The van der Waals surface area contributed by atoms with Gasteiger partial charge in [-0.1, -0.05) is 6.92 Å². The number of Topliss-reactive ketones (excluding diaryl/α,β-unsaturated/α-hetero) is 2. The molecule has 1 aliphatic carbocycles. The van der Waals surface area contributed by atoms with Gasteiger partial charge in [0.1, 0.15) is 0 Å². The van der Waals surface area contributed by atoms with Gasteiger partial charge in [-0.25, -0.2) is 0 Å². The molecule has 1 unspecified atom stereocenters. The zero-order valence-corrected chi connectivity index (χ0v) is 15.5. The van der Waals surface area contributed by atoms with Crippen molar-refractivity contribution in [3.05, 3.63) is 44.2 Å². The van der Waals surface area contributed by atoms with Crippen LogP contribution in [0.15, 0.2) is 34.4 Å². The molecule has 2 rings (SSSR count). The fraction of sp³-hybridized carbons (Fsp3) is 0.421. The Bertz CT molecular complexity index is 764. The molecular formula is C19H22O4S. The van der Waals surface area contributed by atoms with Gasteiger partial charge >= 0.3 is 5.97 Å². The van der Waals surface area contributed by atoms with Gasteiger partial charge in [-0.2, -0.15) is 0 Å². The zero-order chi connectivity index (χ0) is 18.0. The second-order valence-corrected chi connectivity index (χ2v) is 7.15. The molecule has 0 saturated carbocycles. The summed E-state index contributed by atoms with van der Waals surface area (Å²) in [5, 5.41) is 0. The normalized spacial score (nSPS) is 16.7. The van der Waals surface area contributed by atoms with Crippen LogP contribution in [0.2, 0.25) is 0 Å². The molecule has 1 aromatic rings. The van der Waals surface area contributed by atoms with Crippen molar-refractivity contribution in [3.63, 3.8) is 0 Å². The van der Waals surface area contributed by atoms with Gasteiger partial charge in [-0.05, 0) is 39.8 Å². The van der Waals surface area contributed by atoms with Gasteiger partial charge in [0.2, 0.25) is 0 Å². The van der Waals surface area contributed by atoms with Crippen LogP contribution >= 0.6 is 11.3 Å². The molecule has 4 nitrogen and oxygen atoms in total. The van der Waals surface area contributed by atoms with E-state index < -0.39 is 0 Å². The highest BCUT2D eigenvalue weighted by Crippen LogP contribution is 2.37. The molecule has 0 radical (unpaired) electrons. The van der Waals surface area contributed by atoms with Crippen LogP contribution in [0.5, 0.6) is 0 Å². The van der Waals surface area contributed by atoms with Crippen LogP contribution in [-0.2, 0) is 25.5 Å². The van der Waals surface area contributed by atoms with Gasteiger partial charge < -0.3 is 4.74 Å². The molecule has 0 aliphatic heterocycles. The van der Waals surface area contributed by atoms with Gasteiger partial charge in [0.15, 0.2) is 11.6 Å². The smallest absolute Gasteiger partial charge is 0.311 e. The number of carbonyl (C=O) groups excluding carboxylic acids is 3. The lowest BCUT2D eigenvalue weighted by molar-refractivity contribution is -0.142. The van der Waals surface area contributed by atoms with E-state index in [0.717, 1.165) is 9.75 Å². The molecule has 0 amide bonds. The van der Waals surface area contributed by atoms with E-state index in [0.29, 0.717) is 28.9 Å². The molecule has 1 heterocycles. The van der Waals surface area contributed by atoms with Crippen molar-refractivity contribution < 1.29 is 19.1 Å². The molecule has 0 spiro atoms. The summed E-state index contributed by atoms with van der Waals surface area (Å²) in [5.41, 5.74) is 2.14. The number of hydrogen-bond donors (Lipinski definition) is 0. The van der Waals surface area contributed by atoms with Crippen molar-refractivity contribution in [1.82, 2.24) is 0 Å². The predicted molar refractivity (Wildman–Crippen MR) is 94.2 cm³/mol. The van der Waals surface area contributed by atoms with Crippen molar-refractivity contribution in [2.75, 3.05) is 6.61 Å². The van der Waals surface area contributed by atoms with E-state index in [-0.39, 0.29) is 29.9 Å². The van der Waals surface area contributed by atoms with Crippen molar-refractivity contribution in [2.24, 2.45) is 0 Å². The number of allylic oxidation sites excluding steroid dienone is 4. The van der Waals surface area contributed by atoms with Crippen molar-refractivity contribution >= 4 is 28.9 Å². The molecule has 24 heavy (non-hydrogen) atoms. The number of hydrogen-bond acceptors (Lipinski definition) is 5. The second-order valence-electron chi connectivity index (χ2n) is 5.95. The van der Waals surface area contributed by atoms with Crippen molar-refractivity contribution in [1.29, 1.82) is 0 Å². The van der Waals surface area contributed by atoms with Gasteiger partial charge in [0, 0.05) is 38.0 Å². The lowest BCUT2D eigenvalue weighted by Crippen LogP contribution is -2.23. The van der Waals surface area contributed by atoms with E-state index in [1.165, 1.54) is 11.3 Å². The summed E-state index contributed by atoms with van der Waals surface area (Å²) in [7, 11) is 0. The minimum atomic E-state index is -0.257. The summed E-state index contributed by atoms with van der Waals surface area (Å²) in [6.07, 6.45) is 0.230. The molecular weight excluding hydrogens is 324 g/mol. The van der Waals surface area contributed by atoms with Gasteiger partial charge in [-0.3, -0.25) is 14.4 Å². The summed E-state index contributed by atoms with van der Waals surface area (Å²) >= 11 is 1.48. The van der Waals surface area contributed by atoms with Crippen LogP contribution < -0.4 is 0 Å². The third-order valence-corrected chi connectivity index (χ3v) is 5.67. The Balaban J connectivity index is 2.28. The summed E-state index contributed by atoms with van der Waals surface area (Å²) in [5.74, 6) is -0.549. The Labute approximate surface area is 146 Å². The predicted octanol–water partition coefficient (Wildman–Crippen LogP) is 3.76. The topological polar surface area (TPSA) is 60.4 Å². The number of rotatable bonds is 5. The zero-order valence-electron chi connectivity index (χ0n) is 14.7. The van der Waals surface area contributed by atoms with Crippen LogP contribution in [0, 0.1) is 0 Å². The SMILES string of the molecule is CCOC(=O)Cc1ccc(C(C)C2=C(C)C(=O)C(C)=C(C)C2=O)s1. The lowest BCUT2D eigenvalue weighted by Gasteiger charge is -2.22. The second kappa shape index (κ2) is 7.26. The maximum Gasteiger partial charge on any atom is 0.311 e. The Morgan fingerprint density at radius 2 is 1.71 bits per heavy atom. The molecule has 5 heteroatoms. The Hall–Kier alpha value is -2.01. The van der Waals surface area contributed by atoms with Crippen molar-refractivity contribution in [3.8, 4) is 0 Å². The molecule has 1 aromatic heterocycles. The fourth-order valence-electron chi connectivity index (χ4n) is 2.86. The summed E-state index contributed by atoms with van der Waals surface area (Å²) < 4.78 is 4.96. The molecule has 0 bridgehead atoms. The van der Waals surface area contributed by atoms with Crippen LogP contribution in [-0.4, -0.2) is 24.1 Å². The third-order valence-electron chi connectivity index (χ3n) is 4.40. The van der Waals surface area contributed by atoms with Gasteiger partial charge in [-0.15, -0.1) is 11.3 Å². The fourth-order valence-corrected chi connectivity index (χ4v) is 3.92. The average Bonchev–Trinajstić information content (AvgIpc) is 2.99. The molecule has 1 atom stereocenters. The minimum absolute atomic E-state index is 0.0579. The van der Waals surface area contributed by atoms with E-state index >= 15 is 0 Å². The summed E-state index contributed by atoms with van der Waals surface area (Å²) in [4.78, 5) is 38.4. The number of ketones is 2. The van der Waals surface area contributed by atoms with E-state index in [4.69, 9.17) is 4.74 Å². The van der Waals surface area contributed by atoms with Gasteiger partial charge in [0.05, 0.1) is 13.0 Å². The lowest BCUT2D eigenvalue weighted by atomic mass is 9.80.